The smallest absolute Gasteiger partial charge is 0.361 e. The van der Waals surface area contributed by atoms with Gasteiger partial charge >= 0.3 is 17.9 Å². The Labute approximate surface area is 619 Å². The molecule has 0 spiro atoms. The van der Waals surface area contributed by atoms with Gasteiger partial charge < -0.3 is 28.5 Å². The molecule has 0 radical (unpaired) electrons. The SMILES string of the molecule is CC/C=C\C/C=C\C/C=C\C/C=C\C/C=C\C/C=C\C/C=C\C/C=C\C/C=C\C/C=C\C/C=C\C/C=C\CCCCCCC(=O)OC(COC(=O)CCCCCCCCCCCCCCC/C=C\C/C=C\C/C=C\C/C=C\C/C=C\C/C=C\C/C=C\CC)COC(OCC[N+](C)(C)C)C(=O)O. The molecule has 1 N–H and O–H groups in total. The molecule has 2 atom stereocenters. The van der Waals surface area contributed by atoms with Crippen LogP contribution in [0.2, 0.25) is 0 Å². The molecule has 0 aromatic rings. The minimum Gasteiger partial charge on any atom is -0.477 e. The van der Waals surface area contributed by atoms with Crippen molar-refractivity contribution in [3.63, 3.8) is 0 Å². The number of carboxylic acids is 1. The number of unbranched alkanes of at least 4 members (excludes halogenated alkanes) is 17. The second-order valence-corrected chi connectivity index (χ2v) is 26.6. The summed E-state index contributed by atoms with van der Waals surface area (Å²) < 4.78 is 23.0. The number of quaternary nitrogens is 1. The number of carbonyl (C=O) groups is 3. The van der Waals surface area contributed by atoms with Crippen LogP contribution in [0.25, 0.3) is 0 Å². The van der Waals surface area contributed by atoms with Crippen molar-refractivity contribution in [3.8, 4) is 0 Å². The number of esters is 2. The summed E-state index contributed by atoms with van der Waals surface area (Å²) >= 11 is 0. The second kappa shape index (κ2) is 79.1. The third-order valence-electron chi connectivity index (χ3n) is 15.9. The minimum absolute atomic E-state index is 0.170. The summed E-state index contributed by atoms with van der Waals surface area (Å²) in [6.45, 7) is 4.60. The molecule has 564 valence electrons. The molecule has 0 amide bonds. The van der Waals surface area contributed by atoms with Crippen molar-refractivity contribution < 1.29 is 42.9 Å². The number of nitrogens with zero attached hydrogens (tertiary/aromatic N) is 1. The highest BCUT2D eigenvalue weighted by Crippen LogP contribution is 2.16. The van der Waals surface area contributed by atoms with Gasteiger partial charge in [-0.3, -0.25) is 9.59 Å². The average molecular weight is 1390 g/mol. The molecule has 0 aliphatic carbocycles. The lowest BCUT2D eigenvalue weighted by Gasteiger charge is -2.25. The van der Waals surface area contributed by atoms with E-state index < -0.39 is 24.3 Å². The van der Waals surface area contributed by atoms with Crippen LogP contribution in [0.3, 0.4) is 0 Å². The van der Waals surface area contributed by atoms with E-state index in [1.54, 1.807) is 0 Å². The number of rotatable bonds is 70. The number of hydrogen-bond acceptors (Lipinski definition) is 7. The first-order valence-corrected chi connectivity index (χ1v) is 39.5. The van der Waals surface area contributed by atoms with Crippen LogP contribution >= 0.6 is 0 Å². The van der Waals surface area contributed by atoms with Crippen LogP contribution in [0.4, 0.5) is 0 Å². The first kappa shape index (κ1) is 94.4. The predicted molar refractivity (Wildman–Crippen MR) is 437 cm³/mol. The van der Waals surface area contributed by atoms with Crippen molar-refractivity contribution >= 4 is 17.9 Å². The zero-order chi connectivity index (χ0) is 73.2. The van der Waals surface area contributed by atoms with E-state index in [0.717, 1.165) is 167 Å². The standard InChI is InChI=1S/C92H143NO8/c1-6-8-10-12-14-16-18-20-22-24-26-28-30-32-34-36-38-40-42-43-44-45-46-47-49-51-53-55-57-59-61-63-65-67-69-71-73-75-77-79-81-83-90(95)101-88(87-100-92(91(96)97)98-85-84-93(3,4)5)86-99-89(94)82-80-78-76-74-72-70-68-66-64-62-60-58-56-54-52-50-48-41-39-37-35-33-31-29-27-25-23-21-19-17-15-13-11-9-7-2/h8-11,14-17,20-23,26-29,32-35,38-41,43-44,46-47,50-53,57,59,63,65,69,71,88,92H,6-7,12-13,18-19,24-25,30-31,36-37,42,45,48-49,54-56,58,60-62,64,66-68,70,72-87H2,1-5H3/p+1/b10-8-,11-9-,16-14-,17-15-,22-20-,23-21-,28-26-,29-27-,34-32-,35-33-,40-38-,41-39-,44-43-,47-46-,52-50-,53-51-,59-57-,65-63-,71-69-. The average Bonchev–Trinajstić information content (AvgIpc) is 1.21. The molecule has 0 saturated heterocycles. The molecule has 0 fully saturated rings. The first-order chi connectivity index (χ1) is 49.6. The molecule has 0 aliphatic heterocycles. The van der Waals surface area contributed by atoms with Gasteiger partial charge in [0.15, 0.2) is 6.10 Å². The molecule has 2 unspecified atom stereocenters. The maximum atomic E-state index is 13.0. The topological polar surface area (TPSA) is 108 Å². The zero-order valence-corrected chi connectivity index (χ0v) is 64.5. The van der Waals surface area contributed by atoms with Crippen molar-refractivity contribution in [2.24, 2.45) is 0 Å². The van der Waals surface area contributed by atoms with Gasteiger partial charge in [-0.1, -0.05) is 328 Å². The third kappa shape index (κ3) is 80.5. The minimum atomic E-state index is -1.53. The van der Waals surface area contributed by atoms with E-state index in [-0.39, 0.29) is 38.6 Å². The lowest BCUT2D eigenvalue weighted by Crippen LogP contribution is -2.40. The van der Waals surface area contributed by atoms with Crippen LogP contribution in [0, 0.1) is 0 Å². The van der Waals surface area contributed by atoms with Gasteiger partial charge in [-0.25, -0.2) is 4.79 Å². The van der Waals surface area contributed by atoms with Crippen LogP contribution in [0.15, 0.2) is 231 Å². The largest absolute Gasteiger partial charge is 0.477 e. The second-order valence-electron chi connectivity index (χ2n) is 26.6. The maximum absolute atomic E-state index is 13.0. The van der Waals surface area contributed by atoms with Crippen molar-refractivity contribution in [1.82, 2.24) is 0 Å². The predicted octanol–water partition coefficient (Wildman–Crippen LogP) is 25.8. The summed E-state index contributed by atoms with van der Waals surface area (Å²) in [5.41, 5.74) is 0. The van der Waals surface area contributed by atoms with Gasteiger partial charge in [0.2, 0.25) is 0 Å². The van der Waals surface area contributed by atoms with Crippen molar-refractivity contribution in [3.05, 3.63) is 231 Å². The van der Waals surface area contributed by atoms with Crippen LogP contribution in [-0.2, 0) is 33.3 Å². The first-order valence-electron chi connectivity index (χ1n) is 39.5. The fourth-order valence-corrected chi connectivity index (χ4v) is 9.98. The Morgan fingerprint density at radius 3 is 0.792 bits per heavy atom. The fourth-order valence-electron chi connectivity index (χ4n) is 9.98. The maximum Gasteiger partial charge on any atom is 0.361 e. The Morgan fingerprint density at radius 1 is 0.297 bits per heavy atom. The highest BCUT2D eigenvalue weighted by Gasteiger charge is 2.25. The lowest BCUT2D eigenvalue weighted by molar-refractivity contribution is -0.870. The highest BCUT2D eigenvalue weighted by molar-refractivity contribution is 5.71. The summed E-state index contributed by atoms with van der Waals surface area (Å²) in [5, 5.41) is 9.77. The summed E-state index contributed by atoms with van der Waals surface area (Å²) in [7, 11) is 5.96. The van der Waals surface area contributed by atoms with Gasteiger partial charge in [0.1, 0.15) is 13.2 Å². The Balaban J connectivity index is 4.21. The van der Waals surface area contributed by atoms with Crippen molar-refractivity contribution in [2.45, 2.75) is 283 Å². The molecular formula is C92H144NO8+. The van der Waals surface area contributed by atoms with E-state index in [9.17, 15) is 19.5 Å². The fraction of sp³-hybridized carbons (Fsp3) is 0.554. The summed E-state index contributed by atoms with van der Waals surface area (Å²) in [6.07, 6.45) is 123. The Bertz CT molecular complexity index is 2520. The van der Waals surface area contributed by atoms with E-state index in [2.05, 4.69) is 245 Å². The van der Waals surface area contributed by atoms with Crippen molar-refractivity contribution in [2.75, 3.05) is 47.5 Å². The van der Waals surface area contributed by atoms with Gasteiger partial charge in [0.25, 0.3) is 6.29 Å². The molecular weight excluding hydrogens is 1250 g/mol. The molecule has 9 nitrogen and oxygen atoms in total. The van der Waals surface area contributed by atoms with Gasteiger partial charge in [-0.15, -0.1) is 0 Å². The highest BCUT2D eigenvalue weighted by atomic mass is 16.7. The van der Waals surface area contributed by atoms with E-state index >= 15 is 0 Å². The summed E-state index contributed by atoms with van der Waals surface area (Å²) in [4.78, 5) is 37.7. The molecule has 0 bridgehead atoms. The van der Waals surface area contributed by atoms with Gasteiger partial charge in [0.05, 0.1) is 34.4 Å². The van der Waals surface area contributed by atoms with Crippen LogP contribution in [0.5, 0.6) is 0 Å². The number of ether oxygens (including phenoxy) is 4. The number of carbonyl (C=O) groups excluding carboxylic acids is 2. The summed E-state index contributed by atoms with van der Waals surface area (Å²) in [6, 6.07) is 0. The quantitative estimate of drug-likeness (QED) is 0.0211. The van der Waals surface area contributed by atoms with Crippen LogP contribution in [-0.4, -0.2) is 87.4 Å². The number of likely N-dealkylation sites (N-methyl/N-ethyl adjacent to an activating group) is 1. The molecule has 0 saturated carbocycles. The van der Waals surface area contributed by atoms with Crippen molar-refractivity contribution in [1.29, 1.82) is 0 Å². The number of aliphatic carboxylic acids is 1. The van der Waals surface area contributed by atoms with Crippen LogP contribution in [0.1, 0.15) is 271 Å². The lowest BCUT2D eigenvalue weighted by atomic mass is 10.0. The molecule has 0 rings (SSSR count). The molecule has 101 heavy (non-hydrogen) atoms. The Kier molecular flexibility index (Phi) is 73.9. The van der Waals surface area contributed by atoms with Gasteiger partial charge in [0, 0.05) is 12.8 Å². The Morgan fingerprint density at radius 2 is 0.535 bits per heavy atom. The normalized spacial score (nSPS) is 14.0. The van der Waals surface area contributed by atoms with E-state index in [1.807, 2.05) is 21.1 Å². The van der Waals surface area contributed by atoms with Gasteiger partial charge in [-0.05, 0) is 161 Å². The zero-order valence-electron chi connectivity index (χ0n) is 64.5. The molecule has 0 heterocycles. The molecule has 9 heteroatoms. The number of hydrogen-bond donors (Lipinski definition) is 1. The molecule has 0 aromatic heterocycles. The van der Waals surface area contributed by atoms with E-state index in [4.69, 9.17) is 18.9 Å². The monoisotopic (exact) mass is 1390 g/mol. The number of carboxylic acid groups (broad SMARTS) is 1. The van der Waals surface area contributed by atoms with Crippen LogP contribution < -0.4 is 0 Å². The molecule has 0 aliphatic rings. The number of allylic oxidation sites excluding steroid dienone is 38. The summed E-state index contributed by atoms with van der Waals surface area (Å²) in [5.74, 6) is -2.06. The van der Waals surface area contributed by atoms with Gasteiger partial charge in [-0.2, -0.15) is 0 Å². The molecule has 0 aromatic carbocycles. The van der Waals surface area contributed by atoms with E-state index in [0.29, 0.717) is 17.4 Å². The third-order valence-corrected chi connectivity index (χ3v) is 15.9. The Hall–Kier alpha value is -6.65. The van der Waals surface area contributed by atoms with E-state index in [1.165, 1.54) is 70.6 Å².